The smallest absolute Gasteiger partial charge is 0.253 e. The molecule has 0 bridgehead atoms. The van der Waals surface area contributed by atoms with Crippen LogP contribution in [0.1, 0.15) is 5.56 Å². The molecule has 0 spiro atoms. The van der Waals surface area contributed by atoms with Gasteiger partial charge in [0, 0.05) is 21.8 Å². The number of halogens is 2. The van der Waals surface area contributed by atoms with Crippen molar-refractivity contribution in [1.82, 2.24) is 4.98 Å². The molecule has 0 amide bonds. The van der Waals surface area contributed by atoms with Crippen LogP contribution in [0.25, 0.3) is 11.1 Å². The standard InChI is InChI=1S/C12H9Cl2NO2/c13-10-2-7(3-11(14)4-10)8-1-9(6-16)12(17)15-5-8/h1-5,16H,6H2,(H,15,17). The van der Waals surface area contributed by atoms with E-state index in [0.29, 0.717) is 15.6 Å². The molecule has 1 heterocycles. The predicted molar refractivity (Wildman–Crippen MR) is 68.4 cm³/mol. The summed E-state index contributed by atoms with van der Waals surface area (Å²) in [5, 5.41) is 10.1. The monoisotopic (exact) mass is 269 g/mol. The van der Waals surface area contributed by atoms with Gasteiger partial charge in [0.05, 0.1) is 6.61 Å². The van der Waals surface area contributed by atoms with Gasteiger partial charge in [-0.1, -0.05) is 23.2 Å². The summed E-state index contributed by atoms with van der Waals surface area (Å²) in [7, 11) is 0. The summed E-state index contributed by atoms with van der Waals surface area (Å²) in [4.78, 5) is 13.9. The van der Waals surface area contributed by atoms with Crippen molar-refractivity contribution in [3.8, 4) is 11.1 Å². The van der Waals surface area contributed by atoms with Gasteiger partial charge in [0.25, 0.3) is 5.56 Å². The first-order valence-corrected chi connectivity index (χ1v) is 5.64. The van der Waals surface area contributed by atoms with Crippen LogP contribution in [0.2, 0.25) is 10.0 Å². The van der Waals surface area contributed by atoms with Gasteiger partial charge in [0.15, 0.2) is 0 Å². The highest BCUT2D eigenvalue weighted by Crippen LogP contribution is 2.26. The van der Waals surface area contributed by atoms with Crippen molar-refractivity contribution in [2.45, 2.75) is 6.61 Å². The fourth-order valence-corrected chi connectivity index (χ4v) is 2.06. The minimum atomic E-state index is -0.308. The maximum atomic E-state index is 11.3. The zero-order chi connectivity index (χ0) is 12.4. The van der Waals surface area contributed by atoms with Gasteiger partial charge in [0.1, 0.15) is 0 Å². The molecule has 2 rings (SSSR count). The Morgan fingerprint density at radius 2 is 1.71 bits per heavy atom. The number of H-pyrrole nitrogens is 1. The first-order valence-electron chi connectivity index (χ1n) is 4.89. The minimum absolute atomic E-state index is 0.302. The van der Waals surface area contributed by atoms with Gasteiger partial charge in [-0.05, 0) is 35.4 Å². The molecule has 17 heavy (non-hydrogen) atoms. The van der Waals surface area contributed by atoms with E-state index in [9.17, 15) is 4.79 Å². The Hall–Kier alpha value is -1.29. The van der Waals surface area contributed by atoms with E-state index in [-0.39, 0.29) is 12.2 Å². The van der Waals surface area contributed by atoms with Crippen LogP contribution in [-0.2, 0) is 6.61 Å². The van der Waals surface area contributed by atoms with Crippen molar-refractivity contribution < 1.29 is 5.11 Å². The van der Waals surface area contributed by atoms with Crippen LogP contribution in [-0.4, -0.2) is 10.1 Å². The second-order valence-electron chi connectivity index (χ2n) is 3.56. The molecule has 0 radical (unpaired) electrons. The number of hydrogen-bond donors (Lipinski definition) is 2. The Labute approximate surface area is 108 Å². The summed E-state index contributed by atoms with van der Waals surface area (Å²) in [6.45, 7) is -0.308. The van der Waals surface area contributed by atoms with Gasteiger partial charge in [-0.15, -0.1) is 0 Å². The number of pyridine rings is 1. The number of aromatic nitrogens is 1. The third-order valence-electron chi connectivity index (χ3n) is 2.35. The van der Waals surface area contributed by atoms with Crippen molar-refractivity contribution in [3.05, 3.63) is 56.4 Å². The van der Waals surface area contributed by atoms with Crippen LogP contribution >= 0.6 is 23.2 Å². The van der Waals surface area contributed by atoms with E-state index < -0.39 is 0 Å². The molecule has 2 N–H and O–H groups in total. The number of rotatable bonds is 2. The van der Waals surface area contributed by atoms with E-state index in [0.717, 1.165) is 11.1 Å². The number of hydrogen-bond acceptors (Lipinski definition) is 2. The molecule has 1 aromatic heterocycles. The topological polar surface area (TPSA) is 53.1 Å². The zero-order valence-electron chi connectivity index (χ0n) is 8.71. The van der Waals surface area contributed by atoms with E-state index >= 15 is 0 Å². The number of aliphatic hydroxyl groups is 1. The number of aliphatic hydroxyl groups excluding tert-OH is 1. The zero-order valence-corrected chi connectivity index (χ0v) is 10.2. The molecule has 0 atom stereocenters. The molecular weight excluding hydrogens is 261 g/mol. The molecule has 88 valence electrons. The maximum Gasteiger partial charge on any atom is 0.253 e. The number of nitrogens with one attached hydrogen (secondary N) is 1. The quantitative estimate of drug-likeness (QED) is 0.881. The highest BCUT2D eigenvalue weighted by atomic mass is 35.5. The molecule has 2 aromatic rings. The normalized spacial score (nSPS) is 10.5. The highest BCUT2D eigenvalue weighted by molar-refractivity contribution is 6.35. The van der Waals surface area contributed by atoms with Crippen molar-refractivity contribution in [2.24, 2.45) is 0 Å². The van der Waals surface area contributed by atoms with Gasteiger partial charge in [-0.3, -0.25) is 4.79 Å². The first-order chi connectivity index (χ1) is 8.10. The van der Waals surface area contributed by atoms with Crippen LogP contribution in [0, 0.1) is 0 Å². The van der Waals surface area contributed by atoms with Gasteiger partial charge in [-0.25, -0.2) is 0 Å². The van der Waals surface area contributed by atoms with Crippen LogP contribution < -0.4 is 5.56 Å². The summed E-state index contributed by atoms with van der Waals surface area (Å²) >= 11 is 11.8. The van der Waals surface area contributed by atoms with Crippen molar-refractivity contribution in [2.75, 3.05) is 0 Å². The molecular formula is C12H9Cl2NO2. The molecule has 0 saturated carbocycles. The molecule has 5 heteroatoms. The Morgan fingerprint density at radius 3 is 2.29 bits per heavy atom. The number of aromatic amines is 1. The average molecular weight is 270 g/mol. The van der Waals surface area contributed by atoms with Gasteiger partial charge < -0.3 is 10.1 Å². The maximum absolute atomic E-state index is 11.3. The molecule has 0 fully saturated rings. The van der Waals surface area contributed by atoms with Crippen LogP contribution in [0.15, 0.2) is 35.3 Å². The lowest BCUT2D eigenvalue weighted by molar-refractivity contribution is 0.280. The molecule has 0 unspecified atom stereocenters. The molecule has 3 nitrogen and oxygen atoms in total. The molecule has 0 aliphatic heterocycles. The Morgan fingerprint density at radius 1 is 1.06 bits per heavy atom. The van der Waals surface area contributed by atoms with E-state index in [2.05, 4.69) is 4.98 Å². The van der Waals surface area contributed by atoms with E-state index in [1.165, 1.54) is 0 Å². The molecule has 0 aliphatic rings. The first kappa shape index (κ1) is 12.2. The molecule has 0 aliphatic carbocycles. The Balaban J connectivity index is 2.56. The summed E-state index contributed by atoms with van der Waals surface area (Å²) in [6.07, 6.45) is 1.56. The van der Waals surface area contributed by atoms with Gasteiger partial charge in [0.2, 0.25) is 0 Å². The predicted octanol–water partition coefficient (Wildman–Crippen LogP) is 2.84. The third-order valence-corrected chi connectivity index (χ3v) is 2.78. The van der Waals surface area contributed by atoms with Crippen LogP contribution in [0.3, 0.4) is 0 Å². The van der Waals surface area contributed by atoms with Crippen LogP contribution in [0.4, 0.5) is 0 Å². The van der Waals surface area contributed by atoms with E-state index in [4.69, 9.17) is 28.3 Å². The largest absolute Gasteiger partial charge is 0.391 e. The fraction of sp³-hybridized carbons (Fsp3) is 0.0833. The van der Waals surface area contributed by atoms with Crippen molar-refractivity contribution in [3.63, 3.8) is 0 Å². The Bertz CT molecular complexity index is 587. The molecule has 1 aromatic carbocycles. The van der Waals surface area contributed by atoms with Crippen molar-refractivity contribution >= 4 is 23.2 Å². The van der Waals surface area contributed by atoms with Gasteiger partial charge in [-0.2, -0.15) is 0 Å². The van der Waals surface area contributed by atoms with E-state index in [1.54, 1.807) is 30.5 Å². The summed E-state index contributed by atoms with van der Waals surface area (Å²) in [5.41, 5.74) is 1.54. The fourth-order valence-electron chi connectivity index (χ4n) is 1.54. The van der Waals surface area contributed by atoms with Gasteiger partial charge >= 0.3 is 0 Å². The highest BCUT2D eigenvalue weighted by Gasteiger charge is 2.05. The van der Waals surface area contributed by atoms with Crippen molar-refractivity contribution in [1.29, 1.82) is 0 Å². The lowest BCUT2D eigenvalue weighted by atomic mass is 10.1. The minimum Gasteiger partial charge on any atom is -0.391 e. The second-order valence-corrected chi connectivity index (χ2v) is 4.43. The summed E-state index contributed by atoms with van der Waals surface area (Å²) < 4.78 is 0. The third kappa shape index (κ3) is 2.69. The summed E-state index contributed by atoms with van der Waals surface area (Å²) in [6, 6.07) is 6.72. The van der Waals surface area contributed by atoms with Crippen LogP contribution in [0.5, 0.6) is 0 Å². The number of benzene rings is 1. The Kier molecular flexibility index (Phi) is 3.52. The lowest BCUT2D eigenvalue weighted by Crippen LogP contribution is -2.11. The second kappa shape index (κ2) is 4.92. The average Bonchev–Trinajstić information content (AvgIpc) is 2.28. The summed E-state index contributed by atoms with van der Waals surface area (Å²) in [5.74, 6) is 0. The molecule has 0 saturated heterocycles. The lowest BCUT2D eigenvalue weighted by Gasteiger charge is -2.04. The SMILES string of the molecule is O=c1[nH]cc(-c2cc(Cl)cc(Cl)c2)cc1CO. The van der Waals surface area contributed by atoms with E-state index in [1.807, 2.05) is 0 Å².